The Kier molecular flexibility index (Phi) is 3.69. The molecule has 1 aliphatic rings. The van der Waals surface area contributed by atoms with Gasteiger partial charge in [0.2, 0.25) is 6.29 Å². The van der Waals surface area contributed by atoms with Gasteiger partial charge in [-0.2, -0.15) is 0 Å². The Balaban J connectivity index is 1.73. The van der Waals surface area contributed by atoms with Crippen LogP contribution in [0.5, 0.6) is 11.5 Å². The Labute approximate surface area is 144 Å². The minimum Gasteiger partial charge on any atom is -0.497 e. The molecule has 1 aliphatic heterocycles. The highest BCUT2D eigenvalue weighted by Gasteiger charge is 2.36. The lowest BCUT2D eigenvalue weighted by Gasteiger charge is -2.11. The molecule has 0 amide bonds. The molecule has 2 atom stereocenters. The van der Waals surface area contributed by atoms with Gasteiger partial charge in [-0.3, -0.25) is 9.36 Å². The SMILES string of the molecule is COc1ccc2nc(-c3ccc(OC4OC4C)cc3)n(C)c(=O)c2c1. The lowest BCUT2D eigenvalue weighted by molar-refractivity contribution is 0.178. The second-order valence-electron chi connectivity index (χ2n) is 6.03. The molecule has 25 heavy (non-hydrogen) atoms. The summed E-state index contributed by atoms with van der Waals surface area (Å²) in [6.45, 7) is 1.96. The normalized spacial score (nSPS) is 19.0. The van der Waals surface area contributed by atoms with E-state index in [4.69, 9.17) is 14.2 Å². The van der Waals surface area contributed by atoms with Gasteiger partial charge in [0.25, 0.3) is 5.56 Å². The number of epoxide rings is 1. The third-order valence-corrected chi connectivity index (χ3v) is 4.30. The molecular formula is C19H18N2O4. The lowest BCUT2D eigenvalue weighted by Crippen LogP contribution is -2.20. The highest BCUT2D eigenvalue weighted by molar-refractivity contribution is 5.81. The molecule has 0 bridgehead atoms. The van der Waals surface area contributed by atoms with Gasteiger partial charge < -0.3 is 14.2 Å². The van der Waals surface area contributed by atoms with Crippen LogP contribution in [0.15, 0.2) is 47.3 Å². The first-order valence-electron chi connectivity index (χ1n) is 8.04. The molecule has 2 unspecified atom stereocenters. The number of benzene rings is 2. The Hall–Kier alpha value is -2.86. The van der Waals surface area contributed by atoms with Crippen molar-refractivity contribution in [2.75, 3.05) is 7.11 Å². The molecule has 0 saturated carbocycles. The van der Waals surface area contributed by atoms with Gasteiger partial charge in [0.05, 0.1) is 18.0 Å². The number of ether oxygens (including phenoxy) is 3. The number of rotatable bonds is 4. The van der Waals surface area contributed by atoms with Crippen molar-refractivity contribution in [3.05, 3.63) is 52.8 Å². The van der Waals surface area contributed by atoms with Crippen LogP contribution in [-0.4, -0.2) is 29.1 Å². The van der Waals surface area contributed by atoms with E-state index >= 15 is 0 Å². The number of methoxy groups -OCH3 is 1. The van der Waals surface area contributed by atoms with Crippen molar-refractivity contribution in [3.8, 4) is 22.9 Å². The van der Waals surface area contributed by atoms with Gasteiger partial charge in [-0.1, -0.05) is 0 Å². The number of hydrogen-bond acceptors (Lipinski definition) is 5. The molecule has 4 rings (SSSR count). The predicted octanol–water partition coefficient (Wildman–Crippen LogP) is 2.73. The van der Waals surface area contributed by atoms with E-state index in [1.165, 1.54) is 0 Å². The number of aromatic nitrogens is 2. The zero-order valence-corrected chi connectivity index (χ0v) is 14.2. The van der Waals surface area contributed by atoms with Crippen molar-refractivity contribution < 1.29 is 14.2 Å². The van der Waals surface area contributed by atoms with Crippen LogP contribution in [0.4, 0.5) is 0 Å². The first-order valence-corrected chi connectivity index (χ1v) is 8.04. The molecule has 3 aromatic rings. The van der Waals surface area contributed by atoms with Gasteiger partial charge in [0.1, 0.15) is 23.4 Å². The van der Waals surface area contributed by atoms with Crippen molar-refractivity contribution in [2.24, 2.45) is 7.05 Å². The first kappa shape index (κ1) is 15.7. The van der Waals surface area contributed by atoms with E-state index in [2.05, 4.69) is 4.98 Å². The molecule has 0 aliphatic carbocycles. The fourth-order valence-corrected chi connectivity index (χ4v) is 2.74. The largest absolute Gasteiger partial charge is 0.497 e. The summed E-state index contributed by atoms with van der Waals surface area (Å²) in [5, 5.41) is 0.533. The van der Waals surface area contributed by atoms with E-state index < -0.39 is 0 Å². The summed E-state index contributed by atoms with van der Waals surface area (Å²) in [5.74, 6) is 1.97. The van der Waals surface area contributed by atoms with E-state index in [9.17, 15) is 4.79 Å². The van der Waals surface area contributed by atoms with Crippen LogP contribution in [0.2, 0.25) is 0 Å². The van der Waals surface area contributed by atoms with Crippen LogP contribution in [-0.2, 0) is 11.8 Å². The van der Waals surface area contributed by atoms with Crippen LogP contribution in [0.25, 0.3) is 22.3 Å². The third kappa shape index (κ3) is 2.85. The monoisotopic (exact) mass is 338 g/mol. The van der Waals surface area contributed by atoms with Crippen molar-refractivity contribution in [1.82, 2.24) is 9.55 Å². The molecular weight excluding hydrogens is 320 g/mol. The van der Waals surface area contributed by atoms with Gasteiger partial charge in [-0.05, 0) is 49.4 Å². The molecule has 1 saturated heterocycles. The molecule has 6 heteroatoms. The van der Waals surface area contributed by atoms with Gasteiger partial charge in [-0.25, -0.2) is 4.98 Å². The van der Waals surface area contributed by atoms with Crippen LogP contribution < -0.4 is 15.0 Å². The smallest absolute Gasteiger partial charge is 0.261 e. The maximum Gasteiger partial charge on any atom is 0.261 e. The Morgan fingerprint density at radius 2 is 1.80 bits per heavy atom. The summed E-state index contributed by atoms with van der Waals surface area (Å²) in [6.07, 6.45) is -0.0244. The summed E-state index contributed by atoms with van der Waals surface area (Å²) in [7, 11) is 3.29. The summed E-state index contributed by atoms with van der Waals surface area (Å²) in [6, 6.07) is 12.8. The summed E-state index contributed by atoms with van der Waals surface area (Å²) < 4.78 is 17.6. The van der Waals surface area contributed by atoms with Crippen molar-refractivity contribution in [2.45, 2.75) is 19.3 Å². The highest BCUT2D eigenvalue weighted by Crippen LogP contribution is 2.27. The standard InChI is InChI=1S/C19H18N2O4/c1-11-19(24-11)25-13-6-4-12(5-7-13)17-20-16-9-8-14(23-3)10-15(16)18(22)21(17)2/h4-11,19H,1-3H3. The topological polar surface area (TPSA) is 65.9 Å². The average Bonchev–Trinajstić information content (AvgIpc) is 3.33. The zero-order chi connectivity index (χ0) is 17.6. The molecule has 2 aromatic carbocycles. The maximum absolute atomic E-state index is 12.7. The third-order valence-electron chi connectivity index (χ3n) is 4.30. The summed E-state index contributed by atoms with van der Waals surface area (Å²) >= 11 is 0. The summed E-state index contributed by atoms with van der Waals surface area (Å²) in [4.78, 5) is 17.3. The number of hydrogen-bond donors (Lipinski definition) is 0. The second-order valence-corrected chi connectivity index (χ2v) is 6.03. The minimum atomic E-state index is -0.163. The molecule has 1 aromatic heterocycles. The van der Waals surface area contributed by atoms with Gasteiger partial charge in [0.15, 0.2) is 0 Å². The molecule has 0 N–H and O–H groups in total. The maximum atomic E-state index is 12.7. The highest BCUT2D eigenvalue weighted by atomic mass is 16.8. The fourth-order valence-electron chi connectivity index (χ4n) is 2.74. The zero-order valence-electron chi connectivity index (χ0n) is 14.2. The van der Waals surface area contributed by atoms with E-state index in [0.717, 1.165) is 11.3 Å². The molecule has 128 valence electrons. The van der Waals surface area contributed by atoms with Crippen molar-refractivity contribution in [3.63, 3.8) is 0 Å². The van der Waals surface area contributed by atoms with Gasteiger partial charge >= 0.3 is 0 Å². The van der Waals surface area contributed by atoms with Crippen LogP contribution in [0, 0.1) is 0 Å². The molecule has 0 radical (unpaired) electrons. The second kappa shape index (κ2) is 5.89. The quantitative estimate of drug-likeness (QED) is 0.684. The van der Waals surface area contributed by atoms with Crippen molar-refractivity contribution >= 4 is 10.9 Å². The van der Waals surface area contributed by atoms with Crippen LogP contribution in [0.1, 0.15) is 6.92 Å². The lowest BCUT2D eigenvalue weighted by atomic mass is 10.1. The molecule has 2 heterocycles. The van der Waals surface area contributed by atoms with E-state index in [1.807, 2.05) is 31.2 Å². The molecule has 1 fully saturated rings. The fraction of sp³-hybridized carbons (Fsp3) is 0.263. The van der Waals surface area contributed by atoms with Gasteiger partial charge in [0, 0.05) is 12.6 Å². The Bertz CT molecular complexity index is 995. The predicted molar refractivity (Wildman–Crippen MR) is 93.9 cm³/mol. The van der Waals surface area contributed by atoms with Crippen molar-refractivity contribution in [1.29, 1.82) is 0 Å². The van der Waals surface area contributed by atoms with E-state index in [0.29, 0.717) is 22.5 Å². The minimum absolute atomic E-state index is 0.112. The molecule has 0 spiro atoms. The average molecular weight is 338 g/mol. The molecule has 6 nitrogen and oxygen atoms in total. The number of fused-ring (bicyclic) bond motifs is 1. The van der Waals surface area contributed by atoms with Crippen LogP contribution in [0.3, 0.4) is 0 Å². The van der Waals surface area contributed by atoms with E-state index in [1.54, 1.807) is 36.9 Å². The number of nitrogens with zero attached hydrogens (tertiary/aromatic N) is 2. The van der Waals surface area contributed by atoms with E-state index in [-0.39, 0.29) is 18.0 Å². The Morgan fingerprint density at radius 1 is 1.12 bits per heavy atom. The van der Waals surface area contributed by atoms with Crippen LogP contribution >= 0.6 is 0 Å². The first-order chi connectivity index (χ1) is 12.1. The van der Waals surface area contributed by atoms with Gasteiger partial charge in [-0.15, -0.1) is 0 Å². The summed E-state index contributed by atoms with van der Waals surface area (Å²) in [5.41, 5.74) is 1.37. The Morgan fingerprint density at radius 3 is 2.44 bits per heavy atom.